The van der Waals surface area contributed by atoms with Crippen molar-refractivity contribution in [1.82, 2.24) is 0 Å². The number of fused-ring (bicyclic) bond motifs is 1. The topological polar surface area (TPSA) is 9.23 Å². The van der Waals surface area contributed by atoms with Gasteiger partial charge in [-0.05, 0) is 21.5 Å². The molecule has 2 aromatic carbocycles. The number of benzene rings is 2. The van der Waals surface area contributed by atoms with Crippen LogP contribution in [0.15, 0.2) is 40.9 Å². The number of hydrogen-bond acceptors (Lipinski definition) is 1. The van der Waals surface area contributed by atoms with Crippen molar-refractivity contribution in [2.24, 2.45) is 0 Å². The first-order chi connectivity index (χ1) is 8.66. The Kier molecular flexibility index (Phi) is 3.04. The Morgan fingerprint density at radius 3 is 2.72 bits per heavy atom. The van der Waals surface area contributed by atoms with E-state index in [1.165, 1.54) is 6.07 Å². The fraction of sp³-hybridized carbons (Fsp3) is 0.143. The molecule has 0 unspecified atom stereocenters. The van der Waals surface area contributed by atoms with Crippen molar-refractivity contribution in [2.45, 2.75) is 12.5 Å². The molecule has 0 saturated heterocycles. The van der Waals surface area contributed by atoms with E-state index in [9.17, 15) is 4.39 Å². The van der Waals surface area contributed by atoms with E-state index in [1.807, 2.05) is 30.3 Å². The molecule has 92 valence electrons. The van der Waals surface area contributed by atoms with Gasteiger partial charge in [0, 0.05) is 22.5 Å². The average Bonchev–Trinajstić information content (AvgIpc) is 2.81. The van der Waals surface area contributed by atoms with Crippen LogP contribution in [0.1, 0.15) is 17.2 Å². The summed E-state index contributed by atoms with van der Waals surface area (Å²) in [5.41, 5.74) is 2.01. The van der Waals surface area contributed by atoms with Gasteiger partial charge in [-0.2, -0.15) is 0 Å². The maximum Gasteiger partial charge on any atom is 0.146 e. The van der Waals surface area contributed by atoms with E-state index < -0.39 is 5.82 Å². The largest absolute Gasteiger partial charge is 0.485 e. The van der Waals surface area contributed by atoms with Crippen molar-refractivity contribution in [3.05, 3.63) is 62.8 Å². The SMILES string of the molecule is Fc1cc2c(c(Br)c1Cl)C[C@@H](c1ccccc1)O2. The van der Waals surface area contributed by atoms with Gasteiger partial charge in [0.05, 0.1) is 5.02 Å². The van der Waals surface area contributed by atoms with Gasteiger partial charge in [-0.15, -0.1) is 0 Å². The summed E-state index contributed by atoms with van der Waals surface area (Å²) in [5.74, 6) is 0.105. The highest BCUT2D eigenvalue weighted by atomic mass is 79.9. The first kappa shape index (κ1) is 12.0. The van der Waals surface area contributed by atoms with Gasteiger partial charge in [-0.25, -0.2) is 4.39 Å². The van der Waals surface area contributed by atoms with Crippen LogP contribution in [-0.4, -0.2) is 0 Å². The molecule has 0 saturated carbocycles. The van der Waals surface area contributed by atoms with E-state index in [-0.39, 0.29) is 11.1 Å². The summed E-state index contributed by atoms with van der Waals surface area (Å²) in [7, 11) is 0. The second-order valence-electron chi connectivity index (χ2n) is 4.18. The Bertz CT molecular complexity index is 600. The molecule has 4 heteroatoms. The monoisotopic (exact) mass is 326 g/mol. The lowest BCUT2D eigenvalue weighted by Crippen LogP contribution is -2.02. The highest BCUT2D eigenvalue weighted by Gasteiger charge is 2.28. The molecule has 0 N–H and O–H groups in total. The molecule has 1 aliphatic rings. The number of rotatable bonds is 1. The van der Waals surface area contributed by atoms with Crippen LogP contribution in [0.3, 0.4) is 0 Å². The van der Waals surface area contributed by atoms with Crippen molar-refractivity contribution in [1.29, 1.82) is 0 Å². The Morgan fingerprint density at radius 2 is 2.00 bits per heavy atom. The zero-order valence-electron chi connectivity index (χ0n) is 9.29. The van der Waals surface area contributed by atoms with Gasteiger partial charge in [0.25, 0.3) is 0 Å². The van der Waals surface area contributed by atoms with Crippen molar-refractivity contribution < 1.29 is 9.13 Å². The van der Waals surface area contributed by atoms with Gasteiger partial charge in [0.1, 0.15) is 17.7 Å². The van der Waals surface area contributed by atoms with Crippen LogP contribution in [0.4, 0.5) is 4.39 Å². The predicted octanol–water partition coefficient (Wildman–Crippen LogP) is 4.92. The molecule has 0 aliphatic carbocycles. The number of hydrogen-bond donors (Lipinski definition) is 0. The minimum atomic E-state index is -0.462. The summed E-state index contributed by atoms with van der Waals surface area (Å²) in [6.07, 6.45) is 0.621. The summed E-state index contributed by atoms with van der Waals surface area (Å²) < 4.78 is 19.9. The second kappa shape index (κ2) is 4.56. The summed E-state index contributed by atoms with van der Waals surface area (Å²) in [5, 5.41) is 0.117. The average molecular weight is 328 g/mol. The molecule has 0 bridgehead atoms. The fourth-order valence-corrected chi connectivity index (χ4v) is 2.86. The highest BCUT2D eigenvalue weighted by Crippen LogP contribution is 2.44. The van der Waals surface area contributed by atoms with Crippen LogP contribution in [-0.2, 0) is 6.42 Å². The van der Waals surface area contributed by atoms with Crippen molar-refractivity contribution in [3.63, 3.8) is 0 Å². The molecule has 1 atom stereocenters. The Morgan fingerprint density at radius 1 is 1.28 bits per heavy atom. The zero-order chi connectivity index (χ0) is 12.7. The third-order valence-electron chi connectivity index (χ3n) is 3.05. The maximum absolute atomic E-state index is 13.5. The molecule has 0 amide bonds. The van der Waals surface area contributed by atoms with Crippen LogP contribution >= 0.6 is 27.5 Å². The highest BCUT2D eigenvalue weighted by molar-refractivity contribution is 9.10. The molecule has 1 aliphatic heterocycles. The zero-order valence-corrected chi connectivity index (χ0v) is 11.6. The van der Waals surface area contributed by atoms with Crippen LogP contribution in [0.25, 0.3) is 0 Å². The Balaban J connectivity index is 1.99. The first-order valence-corrected chi connectivity index (χ1v) is 6.72. The maximum atomic E-state index is 13.5. The van der Waals surface area contributed by atoms with Gasteiger partial charge in [-0.3, -0.25) is 0 Å². The quantitative estimate of drug-likeness (QED) is 0.676. The Hall–Kier alpha value is -1.06. The third-order valence-corrected chi connectivity index (χ3v) is 4.53. The lowest BCUT2D eigenvalue weighted by molar-refractivity contribution is 0.238. The third kappa shape index (κ3) is 1.91. The molecular weight excluding hydrogens is 319 g/mol. The Labute approximate surface area is 118 Å². The van der Waals surface area contributed by atoms with Gasteiger partial charge in [0.2, 0.25) is 0 Å². The van der Waals surface area contributed by atoms with E-state index in [4.69, 9.17) is 16.3 Å². The lowest BCUT2D eigenvalue weighted by atomic mass is 10.0. The fourth-order valence-electron chi connectivity index (χ4n) is 2.14. The van der Waals surface area contributed by atoms with Crippen molar-refractivity contribution in [3.8, 4) is 5.75 Å². The second-order valence-corrected chi connectivity index (χ2v) is 5.36. The minimum Gasteiger partial charge on any atom is -0.485 e. The molecule has 1 nitrogen and oxygen atoms in total. The van der Waals surface area contributed by atoms with E-state index in [0.717, 1.165) is 11.1 Å². The van der Waals surface area contributed by atoms with E-state index in [2.05, 4.69) is 15.9 Å². The summed E-state index contributed by atoms with van der Waals surface area (Å²) in [6, 6.07) is 11.2. The molecule has 2 aromatic rings. The standard InChI is InChI=1S/C14H9BrClFO/c15-13-9-6-11(8-4-2-1-3-5-8)18-12(9)7-10(17)14(13)16/h1-5,7,11H,6H2/t11-/m0/s1. The van der Waals surface area contributed by atoms with E-state index in [0.29, 0.717) is 16.6 Å². The van der Waals surface area contributed by atoms with Crippen molar-refractivity contribution in [2.75, 3.05) is 0 Å². The van der Waals surface area contributed by atoms with Gasteiger partial charge < -0.3 is 4.74 Å². The molecule has 0 aromatic heterocycles. The van der Waals surface area contributed by atoms with Gasteiger partial charge in [0.15, 0.2) is 0 Å². The molecule has 0 radical (unpaired) electrons. The van der Waals surface area contributed by atoms with Crippen LogP contribution < -0.4 is 4.74 Å². The van der Waals surface area contributed by atoms with Gasteiger partial charge >= 0.3 is 0 Å². The van der Waals surface area contributed by atoms with E-state index in [1.54, 1.807) is 0 Å². The molecule has 0 fully saturated rings. The molecular formula is C14H9BrClFO. The molecule has 3 rings (SSSR count). The van der Waals surface area contributed by atoms with Crippen LogP contribution in [0, 0.1) is 5.82 Å². The van der Waals surface area contributed by atoms with Crippen LogP contribution in [0.5, 0.6) is 5.75 Å². The molecule has 0 spiro atoms. The van der Waals surface area contributed by atoms with E-state index >= 15 is 0 Å². The lowest BCUT2D eigenvalue weighted by Gasteiger charge is -2.10. The van der Waals surface area contributed by atoms with Gasteiger partial charge in [-0.1, -0.05) is 41.9 Å². The number of halogens is 3. The number of ether oxygens (including phenoxy) is 1. The normalized spacial score (nSPS) is 17.4. The molecule has 1 heterocycles. The summed E-state index contributed by atoms with van der Waals surface area (Å²) in [4.78, 5) is 0. The smallest absolute Gasteiger partial charge is 0.146 e. The summed E-state index contributed by atoms with van der Waals surface area (Å²) >= 11 is 9.21. The summed E-state index contributed by atoms with van der Waals surface area (Å²) in [6.45, 7) is 0. The minimum absolute atomic E-state index is 0.0737. The van der Waals surface area contributed by atoms with Crippen molar-refractivity contribution >= 4 is 27.5 Å². The van der Waals surface area contributed by atoms with Crippen LogP contribution in [0.2, 0.25) is 5.02 Å². The predicted molar refractivity (Wildman–Crippen MR) is 72.6 cm³/mol. The molecule has 18 heavy (non-hydrogen) atoms. The first-order valence-electron chi connectivity index (χ1n) is 5.55.